The van der Waals surface area contributed by atoms with Gasteiger partial charge in [0.05, 0.1) is 10.7 Å². The van der Waals surface area contributed by atoms with Crippen LogP contribution in [0.4, 0.5) is 0 Å². The Morgan fingerprint density at radius 3 is 2.33 bits per heavy atom. The summed E-state index contributed by atoms with van der Waals surface area (Å²) >= 11 is 0. The molecular weight excluding hydrogens is 252 g/mol. The van der Waals surface area contributed by atoms with Gasteiger partial charge in [-0.2, -0.15) is 0 Å². The molecule has 0 spiro atoms. The molecule has 0 saturated carbocycles. The summed E-state index contributed by atoms with van der Waals surface area (Å²) in [5.41, 5.74) is 5.33. The molecule has 0 aliphatic carbocycles. The summed E-state index contributed by atoms with van der Waals surface area (Å²) in [7, 11) is -3.18. The number of hydrogen-bond donors (Lipinski definition) is 2. The highest BCUT2D eigenvalue weighted by molar-refractivity contribution is 7.90. The molecule has 3 N–H and O–H groups in total. The minimum absolute atomic E-state index is 0.0783. The van der Waals surface area contributed by atoms with E-state index in [-0.39, 0.29) is 16.8 Å². The van der Waals surface area contributed by atoms with Gasteiger partial charge >= 0.3 is 0 Å². The molecule has 0 amide bonds. The van der Waals surface area contributed by atoms with E-state index in [0.717, 1.165) is 12.7 Å². The van der Waals surface area contributed by atoms with Crippen molar-refractivity contribution in [2.75, 3.05) is 6.26 Å². The third kappa shape index (κ3) is 4.37. The first-order valence-electron chi connectivity index (χ1n) is 5.62. The van der Waals surface area contributed by atoms with Gasteiger partial charge < -0.3 is 10.5 Å². The van der Waals surface area contributed by atoms with Crippen LogP contribution in [0.3, 0.4) is 0 Å². The smallest absolute Gasteiger partial charge is 0.175 e. The second kappa shape index (κ2) is 5.86. The lowest BCUT2D eigenvalue weighted by molar-refractivity contribution is 0.204. The predicted molar refractivity (Wildman–Crippen MR) is 70.8 cm³/mol. The molecule has 1 atom stereocenters. The number of benzene rings is 1. The zero-order valence-corrected chi connectivity index (χ0v) is 11.3. The highest BCUT2D eigenvalue weighted by Crippen LogP contribution is 2.18. The summed E-state index contributed by atoms with van der Waals surface area (Å²) in [4.78, 5) is 0.259. The van der Waals surface area contributed by atoms with E-state index in [9.17, 15) is 8.42 Å². The Bertz CT molecular complexity index is 509. The Morgan fingerprint density at radius 2 is 1.94 bits per heavy atom. The first-order chi connectivity index (χ1) is 8.32. The molecule has 1 aromatic rings. The van der Waals surface area contributed by atoms with E-state index in [1.54, 1.807) is 12.1 Å². The Balaban J connectivity index is 2.77. The Morgan fingerprint density at radius 1 is 1.39 bits per heavy atom. The summed E-state index contributed by atoms with van der Waals surface area (Å²) < 4.78 is 28.2. The normalized spacial score (nSPS) is 13.0. The Labute approximate surface area is 107 Å². The van der Waals surface area contributed by atoms with Crippen LogP contribution in [-0.4, -0.2) is 26.6 Å². The molecule has 0 aliphatic rings. The van der Waals surface area contributed by atoms with Crippen LogP contribution in [0.2, 0.25) is 0 Å². The maximum atomic E-state index is 11.3. The van der Waals surface area contributed by atoms with E-state index in [2.05, 4.69) is 0 Å². The van der Waals surface area contributed by atoms with Crippen molar-refractivity contribution in [3.63, 3.8) is 0 Å². The average molecular weight is 270 g/mol. The quantitative estimate of drug-likeness (QED) is 0.606. The van der Waals surface area contributed by atoms with Crippen molar-refractivity contribution < 1.29 is 13.2 Å². The highest BCUT2D eigenvalue weighted by atomic mass is 32.2. The van der Waals surface area contributed by atoms with E-state index in [4.69, 9.17) is 15.9 Å². The van der Waals surface area contributed by atoms with Crippen molar-refractivity contribution in [1.29, 1.82) is 5.41 Å². The molecule has 1 unspecified atom stereocenters. The van der Waals surface area contributed by atoms with Gasteiger partial charge in [0.15, 0.2) is 9.84 Å². The van der Waals surface area contributed by atoms with Gasteiger partial charge in [0.25, 0.3) is 0 Å². The van der Waals surface area contributed by atoms with Crippen molar-refractivity contribution >= 4 is 15.7 Å². The molecule has 0 aromatic heterocycles. The van der Waals surface area contributed by atoms with Gasteiger partial charge in [0.2, 0.25) is 0 Å². The molecule has 0 heterocycles. The van der Waals surface area contributed by atoms with Crippen LogP contribution < -0.4 is 10.5 Å². The molecule has 0 saturated heterocycles. The second-order valence-corrected chi connectivity index (χ2v) is 6.14. The summed E-state index contributed by atoms with van der Waals surface area (Å²) in [6.45, 7) is 1.94. The van der Waals surface area contributed by atoms with E-state index >= 15 is 0 Å². The largest absolute Gasteiger partial charge is 0.490 e. The number of rotatable bonds is 6. The molecule has 0 aliphatic heterocycles. The van der Waals surface area contributed by atoms with Crippen molar-refractivity contribution in [2.24, 2.45) is 5.73 Å². The lowest BCUT2D eigenvalue weighted by Crippen LogP contribution is -2.23. The second-order valence-electron chi connectivity index (χ2n) is 4.12. The predicted octanol–water partition coefficient (Wildman–Crippen LogP) is 1.57. The van der Waals surface area contributed by atoms with Crippen LogP contribution in [0.5, 0.6) is 5.75 Å². The average Bonchev–Trinajstić information content (AvgIpc) is 2.27. The number of nitrogens with one attached hydrogen (secondary N) is 1. The topological polar surface area (TPSA) is 93.2 Å². The van der Waals surface area contributed by atoms with E-state index in [0.29, 0.717) is 12.2 Å². The summed E-state index contributed by atoms with van der Waals surface area (Å²) in [5, 5.41) is 7.23. The standard InChI is InChI=1S/C12H18N2O3S/c1-3-9(8-12(13)14)17-10-4-6-11(7-5-10)18(2,15)16/h4-7,9H,3,8H2,1-2H3,(H3,13,14). The monoisotopic (exact) mass is 270 g/mol. The molecule has 0 fully saturated rings. The van der Waals surface area contributed by atoms with Gasteiger partial charge in [-0.1, -0.05) is 6.92 Å². The van der Waals surface area contributed by atoms with Crippen LogP contribution in [-0.2, 0) is 9.84 Å². The minimum atomic E-state index is -3.18. The fourth-order valence-corrected chi connectivity index (χ4v) is 2.10. The number of sulfone groups is 1. The Hall–Kier alpha value is -1.56. The van der Waals surface area contributed by atoms with Crippen LogP contribution >= 0.6 is 0 Å². The van der Waals surface area contributed by atoms with Gasteiger partial charge in [0.1, 0.15) is 11.9 Å². The first-order valence-corrected chi connectivity index (χ1v) is 7.51. The molecule has 0 bridgehead atoms. The fourth-order valence-electron chi connectivity index (χ4n) is 1.47. The van der Waals surface area contributed by atoms with Crippen LogP contribution in [0.1, 0.15) is 19.8 Å². The summed E-state index contributed by atoms with van der Waals surface area (Å²) in [6, 6.07) is 6.23. The number of hydrogen-bond acceptors (Lipinski definition) is 4. The number of nitrogens with two attached hydrogens (primary N) is 1. The van der Waals surface area contributed by atoms with E-state index in [1.165, 1.54) is 12.1 Å². The van der Waals surface area contributed by atoms with Gasteiger partial charge in [-0.25, -0.2) is 8.42 Å². The molecule has 5 nitrogen and oxygen atoms in total. The van der Waals surface area contributed by atoms with Crippen molar-refractivity contribution in [1.82, 2.24) is 0 Å². The molecular formula is C12H18N2O3S. The third-order valence-electron chi connectivity index (χ3n) is 2.46. The van der Waals surface area contributed by atoms with Crippen molar-refractivity contribution in [3.8, 4) is 5.75 Å². The van der Waals surface area contributed by atoms with Crippen LogP contribution in [0.25, 0.3) is 0 Å². The fraction of sp³-hybridized carbons (Fsp3) is 0.417. The molecule has 1 aromatic carbocycles. The maximum Gasteiger partial charge on any atom is 0.175 e. The lowest BCUT2D eigenvalue weighted by Gasteiger charge is -2.16. The summed E-state index contributed by atoms with van der Waals surface area (Å²) in [6.07, 6.45) is 2.09. The third-order valence-corrected chi connectivity index (χ3v) is 3.59. The van der Waals surface area contributed by atoms with E-state index < -0.39 is 9.84 Å². The van der Waals surface area contributed by atoms with E-state index in [1.807, 2.05) is 6.92 Å². The zero-order chi connectivity index (χ0) is 13.8. The number of amidine groups is 1. The molecule has 1 rings (SSSR count). The maximum absolute atomic E-state index is 11.3. The molecule has 6 heteroatoms. The SMILES string of the molecule is CCC(CC(=N)N)Oc1ccc(S(C)(=O)=O)cc1. The van der Waals surface area contributed by atoms with Gasteiger partial charge in [0, 0.05) is 12.7 Å². The lowest BCUT2D eigenvalue weighted by atomic mass is 10.2. The van der Waals surface area contributed by atoms with Crippen LogP contribution in [0.15, 0.2) is 29.2 Å². The van der Waals surface area contributed by atoms with Gasteiger partial charge in [-0.05, 0) is 30.7 Å². The van der Waals surface area contributed by atoms with Gasteiger partial charge in [-0.3, -0.25) is 5.41 Å². The molecule has 0 radical (unpaired) electrons. The van der Waals surface area contributed by atoms with Crippen LogP contribution in [0, 0.1) is 5.41 Å². The number of ether oxygens (including phenoxy) is 1. The minimum Gasteiger partial charge on any atom is -0.490 e. The zero-order valence-electron chi connectivity index (χ0n) is 10.5. The van der Waals surface area contributed by atoms with Crippen molar-refractivity contribution in [3.05, 3.63) is 24.3 Å². The Kier molecular flexibility index (Phi) is 4.72. The summed E-state index contributed by atoms with van der Waals surface area (Å²) in [5.74, 6) is 0.658. The molecule has 100 valence electrons. The van der Waals surface area contributed by atoms with Crippen molar-refractivity contribution in [2.45, 2.75) is 30.8 Å². The molecule has 18 heavy (non-hydrogen) atoms. The highest BCUT2D eigenvalue weighted by Gasteiger charge is 2.11. The first kappa shape index (κ1) is 14.5. The van der Waals surface area contributed by atoms with Gasteiger partial charge in [-0.15, -0.1) is 0 Å².